The average Bonchev–Trinajstić information content (AvgIpc) is 2.77. The Morgan fingerprint density at radius 2 is 2.06 bits per heavy atom. The second-order valence-electron chi connectivity index (χ2n) is 5.69. The first-order valence-corrected chi connectivity index (χ1v) is 6.47. The van der Waals surface area contributed by atoms with Crippen LogP contribution in [-0.2, 0) is 19.0 Å². The van der Waals surface area contributed by atoms with E-state index in [4.69, 9.17) is 12.2 Å². The highest BCUT2D eigenvalue weighted by Crippen LogP contribution is 2.23. The van der Waals surface area contributed by atoms with Crippen molar-refractivity contribution in [2.24, 2.45) is 7.05 Å². The lowest BCUT2D eigenvalue weighted by Crippen LogP contribution is -2.18. The van der Waals surface area contributed by atoms with Gasteiger partial charge in [-0.1, -0.05) is 20.8 Å². The summed E-state index contributed by atoms with van der Waals surface area (Å²) >= 11 is 5.37. The standard InChI is InChI=1S/C13H20N4S/c1-9-10(6-15-16(9)5)8-17-11(13(2,3)4)7-14-12(17)18/h6-7H,8H2,1-5H3,(H,14,18). The number of aryl methyl sites for hydroxylation is 1. The lowest BCUT2D eigenvalue weighted by molar-refractivity contribution is 0.528. The molecule has 0 aliphatic heterocycles. The van der Waals surface area contributed by atoms with Crippen molar-refractivity contribution < 1.29 is 0 Å². The molecule has 0 atom stereocenters. The maximum Gasteiger partial charge on any atom is 0.177 e. The third kappa shape index (κ3) is 2.27. The quantitative estimate of drug-likeness (QED) is 0.847. The Balaban J connectivity index is 2.44. The molecule has 0 saturated heterocycles. The van der Waals surface area contributed by atoms with Gasteiger partial charge in [0.15, 0.2) is 4.77 Å². The van der Waals surface area contributed by atoms with Crippen LogP contribution in [0.2, 0.25) is 0 Å². The Morgan fingerprint density at radius 3 is 2.56 bits per heavy atom. The van der Waals surface area contributed by atoms with Crippen molar-refractivity contribution in [2.45, 2.75) is 39.7 Å². The number of nitrogens with zero attached hydrogens (tertiary/aromatic N) is 3. The number of H-pyrrole nitrogens is 1. The molecule has 2 aromatic rings. The first-order valence-electron chi connectivity index (χ1n) is 6.07. The van der Waals surface area contributed by atoms with Gasteiger partial charge < -0.3 is 9.55 Å². The summed E-state index contributed by atoms with van der Waals surface area (Å²) < 4.78 is 4.81. The van der Waals surface area contributed by atoms with Crippen molar-refractivity contribution in [2.75, 3.05) is 0 Å². The molecule has 0 aliphatic rings. The summed E-state index contributed by atoms with van der Waals surface area (Å²) in [6.07, 6.45) is 3.92. The van der Waals surface area contributed by atoms with E-state index in [1.54, 1.807) is 0 Å². The van der Waals surface area contributed by atoms with Crippen LogP contribution in [0.3, 0.4) is 0 Å². The molecule has 18 heavy (non-hydrogen) atoms. The van der Waals surface area contributed by atoms with Crippen molar-refractivity contribution in [3.8, 4) is 0 Å². The Bertz CT molecular complexity index is 610. The maximum atomic E-state index is 5.37. The molecule has 2 aromatic heterocycles. The molecule has 0 saturated carbocycles. The van der Waals surface area contributed by atoms with E-state index in [2.05, 4.69) is 42.3 Å². The van der Waals surface area contributed by atoms with Crippen molar-refractivity contribution >= 4 is 12.2 Å². The second kappa shape index (κ2) is 4.39. The van der Waals surface area contributed by atoms with Crippen LogP contribution in [0, 0.1) is 11.7 Å². The van der Waals surface area contributed by atoms with Gasteiger partial charge in [0.1, 0.15) is 0 Å². The summed E-state index contributed by atoms with van der Waals surface area (Å²) in [6.45, 7) is 9.43. The van der Waals surface area contributed by atoms with E-state index in [-0.39, 0.29) is 5.41 Å². The van der Waals surface area contributed by atoms with E-state index in [0.717, 1.165) is 11.3 Å². The van der Waals surface area contributed by atoms with Gasteiger partial charge in [0, 0.05) is 35.6 Å². The van der Waals surface area contributed by atoms with Crippen LogP contribution in [0.4, 0.5) is 0 Å². The molecule has 4 nitrogen and oxygen atoms in total. The third-order valence-corrected chi connectivity index (χ3v) is 3.64. The number of aromatic amines is 1. The lowest BCUT2D eigenvalue weighted by atomic mass is 9.92. The van der Waals surface area contributed by atoms with E-state index in [1.807, 2.05) is 24.1 Å². The highest BCUT2D eigenvalue weighted by molar-refractivity contribution is 7.71. The molecule has 0 aliphatic carbocycles. The van der Waals surface area contributed by atoms with E-state index >= 15 is 0 Å². The molecule has 2 rings (SSSR count). The molecular formula is C13H20N4S. The molecule has 0 spiro atoms. The molecular weight excluding hydrogens is 244 g/mol. The van der Waals surface area contributed by atoms with E-state index in [9.17, 15) is 0 Å². The van der Waals surface area contributed by atoms with Gasteiger partial charge in [-0.15, -0.1) is 0 Å². The Hall–Kier alpha value is -1.36. The molecule has 5 heteroatoms. The van der Waals surface area contributed by atoms with Gasteiger partial charge >= 0.3 is 0 Å². The Morgan fingerprint density at radius 1 is 1.39 bits per heavy atom. The smallest absolute Gasteiger partial charge is 0.177 e. The molecule has 0 amide bonds. The molecule has 0 aromatic carbocycles. The van der Waals surface area contributed by atoms with Crippen LogP contribution in [0.25, 0.3) is 0 Å². The largest absolute Gasteiger partial charge is 0.337 e. The molecule has 1 N–H and O–H groups in total. The molecule has 2 heterocycles. The summed E-state index contributed by atoms with van der Waals surface area (Å²) in [6, 6.07) is 0. The summed E-state index contributed by atoms with van der Waals surface area (Å²) in [5.74, 6) is 0. The predicted molar refractivity (Wildman–Crippen MR) is 75.4 cm³/mol. The Kier molecular flexibility index (Phi) is 3.19. The maximum absolute atomic E-state index is 5.37. The van der Waals surface area contributed by atoms with Crippen LogP contribution in [0.5, 0.6) is 0 Å². The zero-order chi connectivity index (χ0) is 13.5. The van der Waals surface area contributed by atoms with Gasteiger partial charge in [-0.25, -0.2) is 0 Å². The van der Waals surface area contributed by atoms with Crippen LogP contribution >= 0.6 is 12.2 Å². The van der Waals surface area contributed by atoms with Crippen LogP contribution in [0.1, 0.15) is 37.7 Å². The number of rotatable bonds is 2. The summed E-state index contributed by atoms with van der Waals surface area (Å²) in [7, 11) is 1.96. The zero-order valence-electron chi connectivity index (χ0n) is 11.6. The fourth-order valence-electron chi connectivity index (χ4n) is 2.04. The number of aromatic nitrogens is 4. The second-order valence-corrected chi connectivity index (χ2v) is 6.08. The zero-order valence-corrected chi connectivity index (χ0v) is 12.4. The SMILES string of the molecule is Cc1c(Cn2c(C(C)(C)C)c[nH]c2=S)cnn1C. The first kappa shape index (κ1) is 13.1. The van der Waals surface area contributed by atoms with E-state index in [1.165, 1.54) is 17.0 Å². The number of hydrogen-bond acceptors (Lipinski definition) is 2. The van der Waals surface area contributed by atoms with Gasteiger partial charge in [-0.3, -0.25) is 4.68 Å². The van der Waals surface area contributed by atoms with Gasteiger partial charge in [0.2, 0.25) is 0 Å². The highest BCUT2D eigenvalue weighted by atomic mass is 32.1. The number of imidazole rings is 1. The van der Waals surface area contributed by atoms with Gasteiger partial charge in [-0.05, 0) is 19.1 Å². The fraction of sp³-hybridized carbons (Fsp3) is 0.538. The number of hydrogen-bond donors (Lipinski definition) is 1. The normalized spacial score (nSPS) is 12.1. The summed E-state index contributed by atoms with van der Waals surface area (Å²) in [5, 5.41) is 4.28. The van der Waals surface area contributed by atoms with Crippen molar-refractivity contribution in [3.63, 3.8) is 0 Å². The van der Waals surface area contributed by atoms with Crippen molar-refractivity contribution in [1.29, 1.82) is 0 Å². The average molecular weight is 264 g/mol. The molecule has 0 unspecified atom stereocenters. The predicted octanol–water partition coefficient (Wildman–Crippen LogP) is 2.93. The fourth-order valence-corrected chi connectivity index (χ4v) is 2.27. The first-order chi connectivity index (χ1) is 8.30. The van der Waals surface area contributed by atoms with E-state index < -0.39 is 0 Å². The minimum absolute atomic E-state index is 0.0731. The Labute approximate surface area is 113 Å². The van der Waals surface area contributed by atoms with Crippen LogP contribution in [0.15, 0.2) is 12.4 Å². The van der Waals surface area contributed by atoms with Gasteiger partial charge in [-0.2, -0.15) is 5.10 Å². The molecule has 98 valence electrons. The lowest BCUT2D eigenvalue weighted by Gasteiger charge is -2.20. The van der Waals surface area contributed by atoms with Gasteiger partial charge in [0.05, 0.1) is 12.7 Å². The third-order valence-electron chi connectivity index (χ3n) is 3.30. The van der Waals surface area contributed by atoms with Crippen molar-refractivity contribution in [3.05, 3.63) is 34.1 Å². The van der Waals surface area contributed by atoms with Gasteiger partial charge in [0.25, 0.3) is 0 Å². The molecule has 0 bridgehead atoms. The van der Waals surface area contributed by atoms with E-state index in [0.29, 0.717) is 0 Å². The van der Waals surface area contributed by atoms with Crippen LogP contribution in [-0.4, -0.2) is 19.3 Å². The molecule has 0 radical (unpaired) electrons. The molecule has 0 fully saturated rings. The minimum Gasteiger partial charge on any atom is -0.337 e. The van der Waals surface area contributed by atoms with Crippen LogP contribution < -0.4 is 0 Å². The monoisotopic (exact) mass is 264 g/mol. The summed E-state index contributed by atoms with van der Waals surface area (Å²) in [5.41, 5.74) is 3.68. The number of nitrogens with one attached hydrogen (secondary N) is 1. The topological polar surface area (TPSA) is 38.5 Å². The minimum atomic E-state index is 0.0731. The summed E-state index contributed by atoms with van der Waals surface area (Å²) in [4.78, 5) is 3.14. The highest BCUT2D eigenvalue weighted by Gasteiger charge is 2.20. The van der Waals surface area contributed by atoms with Crippen molar-refractivity contribution in [1.82, 2.24) is 19.3 Å².